The highest BCUT2D eigenvalue weighted by atomic mass is 32.1. The van der Waals surface area contributed by atoms with Crippen LogP contribution in [0.5, 0.6) is 0 Å². The Hall–Kier alpha value is -5.31. The predicted octanol–water partition coefficient (Wildman–Crippen LogP) is 2.09. The van der Waals surface area contributed by atoms with Crippen LogP contribution in [0.25, 0.3) is 0 Å². The van der Waals surface area contributed by atoms with Gasteiger partial charge in [0.1, 0.15) is 18.1 Å². The van der Waals surface area contributed by atoms with Crippen molar-refractivity contribution in [3.63, 3.8) is 0 Å². The second-order valence-corrected chi connectivity index (χ2v) is 12.7. The van der Waals surface area contributed by atoms with E-state index in [1.807, 2.05) is 36.4 Å². The number of Topliss-reactive ketones (excluding diaryl/α,β-unsaturated/α-hetero) is 1. The normalized spacial score (nSPS) is 13.2. The van der Waals surface area contributed by atoms with Gasteiger partial charge in [0.2, 0.25) is 17.6 Å². The Kier molecular flexibility index (Phi) is 15.9. The summed E-state index contributed by atoms with van der Waals surface area (Å²) in [4.78, 5) is 75.0. The number of esters is 1. The van der Waals surface area contributed by atoms with Gasteiger partial charge in [0.05, 0.1) is 12.6 Å². The second-order valence-electron chi connectivity index (χ2n) is 11.8. The molecule has 1 aromatic heterocycles. The number of carbonyl (C=O) groups excluding carboxylic acids is 5. The molecule has 4 atom stereocenters. The topological polar surface area (TPSA) is 220 Å². The van der Waals surface area contributed by atoms with Crippen LogP contribution in [0.15, 0.2) is 77.2 Å². The quantitative estimate of drug-likeness (QED) is 0.0353. The molecule has 4 amide bonds. The zero-order valence-electron chi connectivity index (χ0n) is 28.5. The minimum atomic E-state index is -1.14. The fourth-order valence-electron chi connectivity index (χ4n) is 5.02. The van der Waals surface area contributed by atoms with Crippen LogP contribution in [-0.4, -0.2) is 77.9 Å². The largest absolute Gasteiger partial charge is 0.464 e. The number of hydrogen-bond acceptors (Lipinski definition) is 9. The molecule has 1 heterocycles. The number of aliphatic imine (C=N–C) groups is 1. The van der Waals surface area contributed by atoms with Crippen LogP contribution in [0.2, 0.25) is 0 Å². The van der Waals surface area contributed by atoms with Crippen molar-refractivity contribution < 1.29 is 28.7 Å². The third-order valence-electron chi connectivity index (χ3n) is 7.53. The number of nitrogens with one attached hydrogen (secondary N) is 4. The maximum absolute atomic E-state index is 13.9. The molecule has 1 unspecified atom stereocenters. The highest BCUT2D eigenvalue weighted by Gasteiger charge is 2.33. The SMILES string of the molecule is CCOC(=O)C(Cc1ccccc1)NC(=O)N[C@@H](Cc1ccccc1)C(=O)N[C@H](C(=O)N[C@@H](CCCN=C(N)N)C(=O)c1nccs1)C(C)C. The lowest BCUT2D eigenvalue weighted by atomic mass is 9.99. The van der Waals surface area contributed by atoms with E-state index in [9.17, 15) is 24.0 Å². The Balaban J connectivity index is 1.79. The molecule has 0 saturated heterocycles. The number of thiazole rings is 1. The fourth-order valence-corrected chi connectivity index (χ4v) is 5.65. The summed E-state index contributed by atoms with van der Waals surface area (Å²) < 4.78 is 5.19. The zero-order chi connectivity index (χ0) is 36.5. The molecule has 14 nitrogen and oxygen atoms in total. The van der Waals surface area contributed by atoms with E-state index < -0.39 is 53.9 Å². The summed E-state index contributed by atoms with van der Waals surface area (Å²) in [5, 5.41) is 12.8. The molecule has 0 fully saturated rings. The molecule has 0 aliphatic rings. The summed E-state index contributed by atoms with van der Waals surface area (Å²) >= 11 is 1.15. The third-order valence-corrected chi connectivity index (χ3v) is 8.32. The lowest BCUT2D eigenvalue weighted by Gasteiger charge is -2.27. The number of ketones is 1. The first-order chi connectivity index (χ1) is 24.0. The number of nitrogens with two attached hydrogens (primary N) is 2. The summed E-state index contributed by atoms with van der Waals surface area (Å²) in [6.07, 6.45) is 2.38. The highest BCUT2D eigenvalue weighted by molar-refractivity contribution is 7.11. The predicted molar refractivity (Wildman–Crippen MR) is 191 cm³/mol. The molecule has 268 valence electrons. The molecule has 15 heteroatoms. The number of rotatable bonds is 19. The molecule has 0 aliphatic carbocycles. The van der Waals surface area contributed by atoms with Crippen LogP contribution < -0.4 is 32.7 Å². The van der Waals surface area contributed by atoms with Crippen LogP contribution in [0.3, 0.4) is 0 Å². The zero-order valence-corrected chi connectivity index (χ0v) is 29.3. The van der Waals surface area contributed by atoms with Gasteiger partial charge in [-0.25, -0.2) is 14.6 Å². The number of carbonyl (C=O) groups is 5. The third kappa shape index (κ3) is 13.0. The van der Waals surface area contributed by atoms with Crippen molar-refractivity contribution in [2.24, 2.45) is 22.4 Å². The minimum Gasteiger partial charge on any atom is -0.464 e. The summed E-state index contributed by atoms with van der Waals surface area (Å²) in [7, 11) is 0. The maximum atomic E-state index is 13.9. The Morgan fingerprint density at radius 2 is 1.42 bits per heavy atom. The number of nitrogens with zero attached hydrogens (tertiary/aromatic N) is 2. The molecular weight excluding hydrogens is 661 g/mol. The van der Waals surface area contributed by atoms with Crippen LogP contribution >= 0.6 is 11.3 Å². The first-order valence-corrected chi connectivity index (χ1v) is 17.3. The van der Waals surface area contributed by atoms with Crippen molar-refractivity contribution in [3.8, 4) is 0 Å². The maximum Gasteiger partial charge on any atom is 0.329 e. The minimum absolute atomic E-state index is 0.0839. The van der Waals surface area contributed by atoms with Crippen molar-refractivity contribution >= 4 is 46.9 Å². The van der Waals surface area contributed by atoms with Crippen molar-refractivity contribution in [2.45, 2.75) is 70.6 Å². The lowest BCUT2D eigenvalue weighted by molar-refractivity contribution is -0.145. The summed E-state index contributed by atoms with van der Waals surface area (Å²) in [5.74, 6) is -2.70. The van der Waals surface area contributed by atoms with Gasteiger partial charge < -0.3 is 37.5 Å². The molecule has 0 radical (unpaired) electrons. The molecule has 0 saturated carbocycles. The summed E-state index contributed by atoms with van der Waals surface area (Å²) in [6.45, 7) is 5.55. The van der Waals surface area contributed by atoms with Gasteiger partial charge in [-0.1, -0.05) is 74.5 Å². The van der Waals surface area contributed by atoms with Gasteiger partial charge in [-0.3, -0.25) is 19.4 Å². The van der Waals surface area contributed by atoms with Crippen LogP contribution in [0.4, 0.5) is 4.79 Å². The van der Waals surface area contributed by atoms with Crippen molar-refractivity contribution in [3.05, 3.63) is 88.4 Å². The van der Waals surface area contributed by atoms with Gasteiger partial charge in [-0.05, 0) is 36.8 Å². The van der Waals surface area contributed by atoms with Crippen LogP contribution in [-0.2, 0) is 32.0 Å². The number of ether oxygens (including phenoxy) is 1. The number of aromatic nitrogens is 1. The van der Waals surface area contributed by atoms with Gasteiger partial charge in [0.25, 0.3) is 0 Å². The number of guanidine groups is 1. The molecular formula is C35H46N8O6S. The second kappa shape index (κ2) is 20.3. The number of benzene rings is 2. The van der Waals surface area contributed by atoms with E-state index in [1.165, 1.54) is 6.20 Å². The van der Waals surface area contributed by atoms with Crippen LogP contribution in [0, 0.1) is 5.92 Å². The first-order valence-electron chi connectivity index (χ1n) is 16.4. The highest BCUT2D eigenvalue weighted by Crippen LogP contribution is 2.13. The average molecular weight is 707 g/mol. The van der Waals surface area contributed by atoms with Gasteiger partial charge in [-0.2, -0.15) is 0 Å². The molecule has 0 bridgehead atoms. The average Bonchev–Trinajstić information content (AvgIpc) is 3.63. The van der Waals surface area contributed by atoms with E-state index in [4.69, 9.17) is 16.2 Å². The molecule has 0 aliphatic heterocycles. The number of hydrogen-bond donors (Lipinski definition) is 6. The molecule has 50 heavy (non-hydrogen) atoms. The standard InChI is InChI=1S/C35H46N8O6S/c1-4-49-33(47)27(21-24-14-9-6-10-15-24)42-35(48)41-26(20-23-12-7-5-8-13-23)30(45)43-28(22(2)3)31(46)40-25(16-11-17-39-34(36)37)29(44)32-38-18-19-50-32/h5-10,12-15,18-19,22,25-28H,4,11,16-17,20-21H2,1-3H3,(H,40,46)(H,43,45)(H4,36,37,39)(H2,41,42,48)/t25-,26-,27?,28-/m0/s1. The summed E-state index contributed by atoms with van der Waals surface area (Å²) in [5.41, 5.74) is 12.4. The lowest BCUT2D eigenvalue weighted by Crippen LogP contribution is -2.59. The molecule has 3 aromatic rings. The Morgan fingerprint density at radius 3 is 1.96 bits per heavy atom. The monoisotopic (exact) mass is 706 g/mol. The summed E-state index contributed by atoms with van der Waals surface area (Å²) in [6, 6.07) is 13.2. The van der Waals surface area contributed by atoms with E-state index in [-0.39, 0.29) is 49.2 Å². The van der Waals surface area contributed by atoms with Crippen molar-refractivity contribution in [1.29, 1.82) is 0 Å². The number of urea groups is 1. The first kappa shape index (κ1) is 39.1. The van der Waals surface area contributed by atoms with Gasteiger partial charge in [0, 0.05) is 31.0 Å². The van der Waals surface area contributed by atoms with E-state index in [1.54, 1.807) is 50.4 Å². The van der Waals surface area contributed by atoms with Crippen molar-refractivity contribution in [1.82, 2.24) is 26.3 Å². The van der Waals surface area contributed by atoms with Crippen LogP contribution in [0.1, 0.15) is 54.5 Å². The Labute approximate surface area is 295 Å². The smallest absolute Gasteiger partial charge is 0.329 e. The van der Waals surface area contributed by atoms with E-state index in [0.29, 0.717) is 6.42 Å². The Bertz CT molecular complexity index is 1570. The van der Waals surface area contributed by atoms with E-state index >= 15 is 0 Å². The molecule has 0 spiro atoms. The van der Waals surface area contributed by atoms with Gasteiger partial charge in [-0.15, -0.1) is 11.3 Å². The molecule has 8 N–H and O–H groups in total. The Morgan fingerprint density at radius 1 is 0.820 bits per heavy atom. The van der Waals surface area contributed by atoms with Gasteiger partial charge in [0.15, 0.2) is 11.0 Å². The van der Waals surface area contributed by atoms with E-state index in [2.05, 4.69) is 31.2 Å². The van der Waals surface area contributed by atoms with E-state index in [0.717, 1.165) is 22.5 Å². The van der Waals surface area contributed by atoms with Gasteiger partial charge >= 0.3 is 12.0 Å². The number of amides is 4. The molecule has 3 rings (SSSR count). The fraction of sp³-hybridized carbons (Fsp3) is 0.400. The molecule has 2 aromatic carbocycles. The van der Waals surface area contributed by atoms with Crippen molar-refractivity contribution in [2.75, 3.05) is 13.2 Å².